The molecule has 0 heterocycles. The summed E-state index contributed by atoms with van der Waals surface area (Å²) in [5.74, 6) is -1.81. The molecule has 0 aliphatic heterocycles. The summed E-state index contributed by atoms with van der Waals surface area (Å²) in [5.41, 5.74) is 0. The van der Waals surface area contributed by atoms with E-state index in [9.17, 15) is 14.7 Å². The van der Waals surface area contributed by atoms with Gasteiger partial charge in [-0.15, -0.1) is 0 Å². The Balaban J connectivity index is 1.77. The van der Waals surface area contributed by atoms with Crippen LogP contribution in [0.1, 0.15) is 26.2 Å². The van der Waals surface area contributed by atoms with Crippen molar-refractivity contribution in [2.75, 3.05) is 19.8 Å². The van der Waals surface area contributed by atoms with Crippen LogP contribution < -0.4 is 5.32 Å². The molecule has 2 bridgehead atoms. The summed E-state index contributed by atoms with van der Waals surface area (Å²) >= 11 is 0. The summed E-state index contributed by atoms with van der Waals surface area (Å²) in [4.78, 5) is 23.5. The number of hydrogen-bond acceptors (Lipinski definition) is 3. The first-order chi connectivity index (χ1) is 9.65. The third-order valence-electron chi connectivity index (χ3n) is 4.16. The maximum absolute atomic E-state index is 12.2. The largest absolute Gasteiger partial charge is 0.481 e. The van der Waals surface area contributed by atoms with E-state index in [0.29, 0.717) is 13.2 Å². The van der Waals surface area contributed by atoms with E-state index in [1.807, 2.05) is 12.2 Å². The summed E-state index contributed by atoms with van der Waals surface area (Å²) in [5, 5.41) is 12.1. The van der Waals surface area contributed by atoms with Crippen molar-refractivity contribution < 1.29 is 19.4 Å². The molecule has 0 aromatic rings. The molecular weight excluding hydrogens is 258 g/mol. The zero-order valence-corrected chi connectivity index (χ0v) is 11.9. The molecule has 0 aromatic heterocycles. The number of allylic oxidation sites excluding steroid dienone is 2. The van der Waals surface area contributed by atoms with Crippen LogP contribution in [-0.4, -0.2) is 36.7 Å². The van der Waals surface area contributed by atoms with Crippen molar-refractivity contribution in [2.45, 2.75) is 26.2 Å². The second kappa shape index (κ2) is 6.88. The van der Waals surface area contributed by atoms with E-state index in [1.165, 1.54) is 0 Å². The summed E-state index contributed by atoms with van der Waals surface area (Å²) < 4.78 is 5.34. The van der Waals surface area contributed by atoms with E-state index >= 15 is 0 Å². The van der Waals surface area contributed by atoms with Crippen molar-refractivity contribution >= 4 is 11.9 Å². The van der Waals surface area contributed by atoms with Gasteiger partial charge in [-0.2, -0.15) is 0 Å². The topological polar surface area (TPSA) is 75.6 Å². The molecule has 1 fully saturated rings. The summed E-state index contributed by atoms with van der Waals surface area (Å²) in [6.07, 6.45) is 6.50. The van der Waals surface area contributed by atoms with E-state index in [4.69, 9.17) is 4.74 Å². The lowest BCUT2D eigenvalue weighted by atomic mass is 9.82. The van der Waals surface area contributed by atoms with Gasteiger partial charge in [0.05, 0.1) is 11.8 Å². The van der Waals surface area contributed by atoms with Crippen molar-refractivity contribution in [2.24, 2.45) is 23.7 Å². The van der Waals surface area contributed by atoms with Gasteiger partial charge in [0.25, 0.3) is 0 Å². The molecule has 5 nitrogen and oxygen atoms in total. The predicted octanol–water partition coefficient (Wildman–Crippen LogP) is 1.44. The molecule has 0 aromatic carbocycles. The number of aliphatic carboxylic acids is 1. The Bertz CT molecular complexity index is 393. The Labute approximate surface area is 119 Å². The molecule has 2 aliphatic rings. The Hall–Kier alpha value is -1.36. The molecule has 0 saturated heterocycles. The fourth-order valence-electron chi connectivity index (χ4n) is 3.27. The number of nitrogens with one attached hydrogen (secondary N) is 1. The molecule has 0 spiro atoms. The predicted molar refractivity (Wildman–Crippen MR) is 74.1 cm³/mol. The zero-order valence-electron chi connectivity index (χ0n) is 11.9. The fraction of sp³-hybridized carbons (Fsp3) is 0.733. The maximum Gasteiger partial charge on any atom is 0.307 e. The number of rotatable bonds is 8. The molecule has 112 valence electrons. The van der Waals surface area contributed by atoms with Crippen molar-refractivity contribution in [1.82, 2.24) is 5.32 Å². The van der Waals surface area contributed by atoms with Gasteiger partial charge in [-0.3, -0.25) is 9.59 Å². The lowest BCUT2D eigenvalue weighted by Crippen LogP contribution is -2.40. The number of carboxylic acids is 1. The Kier molecular flexibility index (Phi) is 5.17. The highest BCUT2D eigenvalue weighted by molar-refractivity contribution is 5.86. The van der Waals surface area contributed by atoms with Gasteiger partial charge in [0, 0.05) is 19.8 Å². The van der Waals surface area contributed by atoms with E-state index in [0.717, 1.165) is 25.9 Å². The summed E-state index contributed by atoms with van der Waals surface area (Å²) in [6, 6.07) is 0. The van der Waals surface area contributed by atoms with E-state index in [-0.39, 0.29) is 17.7 Å². The molecule has 1 saturated carbocycles. The average molecular weight is 281 g/mol. The van der Waals surface area contributed by atoms with Crippen LogP contribution in [0, 0.1) is 23.7 Å². The molecule has 20 heavy (non-hydrogen) atoms. The van der Waals surface area contributed by atoms with Crippen LogP contribution in [-0.2, 0) is 14.3 Å². The third kappa shape index (κ3) is 3.20. The second-order valence-corrected chi connectivity index (χ2v) is 5.60. The van der Waals surface area contributed by atoms with Gasteiger partial charge < -0.3 is 15.2 Å². The van der Waals surface area contributed by atoms with E-state index < -0.39 is 17.8 Å². The average Bonchev–Trinajstić information content (AvgIpc) is 3.02. The molecule has 5 heteroatoms. The molecule has 0 radical (unpaired) electrons. The van der Waals surface area contributed by atoms with Gasteiger partial charge in [0.1, 0.15) is 0 Å². The third-order valence-corrected chi connectivity index (χ3v) is 4.16. The maximum atomic E-state index is 12.2. The number of carbonyl (C=O) groups is 2. The van der Waals surface area contributed by atoms with Crippen molar-refractivity contribution in [3.05, 3.63) is 12.2 Å². The first kappa shape index (κ1) is 15.0. The molecular formula is C15H23NO4. The second-order valence-electron chi connectivity index (χ2n) is 5.60. The number of carboxylic acid groups (broad SMARTS) is 1. The quantitative estimate of drug-likeness (QED) is 0.521. The molecule has 4 unspecified atom stereocenters. The monoisotopic (exact) mass is 281 g/mol. The van der Waals surface area contributed by atoms with E-state index in [2.05, 4.69) is 12.2 Å². The van der Waals surface area contributed by atoms with Gasteiger partial charge in [-0.25, -0.2) is 0 Å². The summed E-state index contributed by atoms with van der Waals surface area (Å²) in [7, 11) is 0. The highest BCUT2D eigenvalue weighted by Crippen LogP contribution is 2.48. The van der Waals surface area contributed by atoms with Crippen molar-refractivity contribution in [3.8, 4) is 0 Å². The van der Waals surface area contributed by atoms with Crippen LogP contribution in [0.3, 0.4) is 0 Å². The first-order valence-electron chi connectivity index (χ1n) is 7.41. The first-order valence-corrected chi connectivity index (χ1v) is 7.41. The lowest BCUT2D eigenvalue weighted by Gasteiger charge is -2.23. The van der Waals surface area contributed by atoms with Gasteiger partial charge in [0.15, 0.2) is 0 Å². The molecule has 1 amide bonds. The van der Waals surface area contributed by atoms with Gasteiger partial charge in [-0.1, -0.05) is 19.1 Å². The van der Waals surface area contributed by atoms with Crippen LogP contribution in [0.4, 0.5) is 0 Å². The summed E-state index contributed by atoms with van der Waals surface area (Å²) in [6.45, 7) is 3.97. The number of amides is 1. The molecule has 2 N–H and O–H groups in total. The van der Waals surface area contributed by atoms with Crippen molar-refractivity contribution in [1.29, 1.82) is 0 Å². The van der Waals surface area contributed by atoms with Gasteiger partial charge in [0.2, 0.25) is 5.91 Å². The number of fused-ring (bicyclic) bond motifs is 2. The van der Waals surface area contributed by atoms with Crippen LogP contribution in [0.15, 0.2) is 12.2 Å². The van der Waals surface area contributed by atoms with Crippen LogP contribution in [0.25, 0.3) is 0 Å². The zero-order chi connectivity index (χ0) is 14.5. The smallest absolute Gasteiger partial charge is 0.307 e. The SMILES string of the molecule is CCCOCCCNC(=O)C1C2C=CC(C2)C1C(=O)O. The van der Waals surface area contributed by atoms with Crippen LogP contribution >= 0.6 is 0 Å². The highest BCUT2D eigenvalue weighted by atomic mass is 16.5. The minimum absolute atomic E-state index is 0.0288. The Morgan fingerprint density at radius 1 is 1.25 bits per heavy atom. The standard InChI is InChI=1S/C15H23NO4/c1-2-7-20-8-3-6-16-14(17)12-10-4-5-11(9-10)13(12)15(18)19/h4-5,10-13H,2-3,6-9H2,1H3,(H,16,17)(H,18,19). The number of carbonyl (C=O) groups excluding carboxylic acids is 1. The Morgan fingerprint density at radius 3 is 2.60 bits per heavy atom. The Morgan fingerprint density at radius 2 is 1.95 bits per heavy atom. The van der Waals surface area contributed by atoms with E-state index in [1.54, 1.807) is 0 Å². The molecule has 4 atom stereocenters. The fourth-order valence-corrected chi connectivity index (χ4v) is 3.27. The molecule has 2 aliphatic carbocycles. The molecule has 2 rings (SSSR count). The minimum atomic E-state index is -0.853. The number of ether oxygens (including phenoxy) is 1. The van der Waals surface area contributed by atoms with Crippen molar-refractivity contribution in [3.63, 3.8) is 0 Å². The lowest BCUT2D eigenvalue weighted by molar-refractivity contribution is -0.147. The van der Waals surface area contributed by atoms with Gasteiger partial charge >= 0.3 is 5.97 Å². The normalized spacial score (nSPS) is 30.6. The van der Waals surface area contributed by atoms with Crippen LogP contribution in [0.5, 0.6) is 0 Å². The highest BCUT2D eigenvalue weighted by Gasteiger charge is 2.51. The van der Waals surface area contributed by atoms with Crippen LogP contribution in [0.2, 0.25) is 0 Å². The van der Waals surface area contributed by atoms with Gasteiger partial charge in [-0.05, 0) is 31.1 Å². The number of hydrogen-bond donors (Lipinski definition) is 2. The minimum Gasteiger partial charge on any atom is -0.481 e.